The number of nitrogens with one attached hydrogen (secondary N) is 1. The second-order valence-electron chi connectivity index (χ2n) is 4.27. The quantitative estimate of drug-likeness (QED) is 0.826. The molecule has 4 nitrogen and oxygen atoms in total. The number of aryl methyl sites for hydroxylation is 1. The molecule has 2 rings (SSSR count). The van der Waals surface area contributed by atoms with Crippen LogP contribution in [0.15, 0.2) is 36.4 Å². The van der Waals surface area contributed by atoms with Gasteiger partial charge in [0.1, 0.15) is 0 Å². The van der Waals surface area contributed by atoms with Gasteiger partial charge in [0.25, 0.3) is 0 Å². The van der Waals surface area contributed by atoms with Gasteiger partial charge in [-0.05, 0) is 36.8 Å². The van der Waals surface area contributed by atoms with Gasteiger partial charge in [-0.15, -0.1) is 0 Å². The van der Waals surface area contributed by atoms with Crippen molar-refractivity contribution < 1.29 is 9.47 Å². The Balaban J connectivity index is 2.25. The van der Waals surface area contributed by atoms with E-state index in [1.54, 1.807) is 14.2 Å². The summed E-state index contributed by atoms with van der Waals surface area (Å²) in [5, 5.41) is 3.28. The summed E-state index contributed by atoms with van der Waals surface area (Å²) in [6.45, 7) is 1.98. The fraction of sp³-hybridized carbons (Fsp3) is 0.200. The summed E-state index contributed by atoms with van der Waals surface area (Å²) in [5.74, 6) is 1.39. The van der Waals surface area contributed by atoms with Crippen LogP contribution in [0.4, 0.5) is 17.1 Å². The highest BCUT2D eigenvalue weighted by Crippen LogP contribution is 2.31. The van der Waals surface area contributed by atoms with Crippen molar-refractivity contribution in [2.45, 2.75) is 6.92 Å². The van der Waals surface area contributed by atoms with Gasteiger partial charge in [-0.1, -0.05) is 6.07 Å². The third-order valence-corrected chi connectivity index (χ3v) is 2.95. The van der Waals surface area contributed by atoms with Crippen LogP contribution in [0.1, 0.15) is 5.56 Å². The van der Waals surface area contributed by atoms with Crippen molar-refractivity contribution in [3.05, 3.63) is 42.0 Å². The van der Waals surface area contributed by atoms with E-state index in [0.29, 0.717) is 11.5 Å². The molecule has 4 heteroatoms. The van der Waals surface area contributed by atoms with Crippen LogP contribution >= 0.6 is 0 Å². The molecule has 0 atom stereocenters. The molecule has 0 fully saturated rings. The predicted octanol–water partition coefficient (Wildman–Crippen LogP) is 3.34. The molecule has 0 spiro atoms. The molecule has 0 aromatic heterocycles. The number of rotatable bonds is 4. The first-order valence-corrected chi connectivity index (χ1v) is 5.99. The Labute approximate surface area is 113 Å². The van der Waals surface area contributed by atoms with E-state index < -0.39 is 0 Å². The van der Waals surface area contributed by atoms with E-state index in [1.807, 2.05) is 43.3 Å². The molecule has 0 unspecified atom stereocenters. The van der Waals surface area contributed by atoms with E-state index in [4.69, 9.17) is 15.2 Å². The molecule has 19 heavy (non-hydrogen) atoms. The van der Waals surface area contributed by atoms with Crippen molar-refractivity contribution in [2.75, 3.05) is 25.3 Å². The number of hydrogen-bond donors (Lipinski definition) is 2. The molecule has 0 aliphatic rings. The predicted molar refractivity (Wildman–Crippen MR) is 78.4 cm³/mol. The van der Waals surface area contributed by atoms with Crippen LogP contribution in [0.2, 0.25) is 0 Å². The van der Waals surface area contributed by atoms with Gasteiger partial charge < -0.3 is 20.5 Å². The van der Waals surface area contributed by atoms with Gasteiger partial charge in [-0.3, -0.25) is 0 Å². The lowest BCUT2D eigenvalue weighted by atomic mass is 10.2. The average Bonchev–Trinajstić information content (AvgIpc) is 2.43. The number of nitrogens with two attached hydrogens (primary N) is 1. The van der Waals surface area contributed by atoms with Gasteiger partial charge >= 0.3 is 0 Å². The smallest absolute Gasteiger partial charge is 0.162 e. The zero-order valence-corrected chi connectivity index (χ0v) is 11.4. The van der Waals surface area contributed by atoms with Crippen molar-refractivity contribution in [3.8, 4) is 11.5 Å². The Kier molecular flexibility index (Phi) is 3.80. The Bertz CT molecular complexity index is 582. The number of benzene rings is 2. The van der Waals surface area contributed by atoms with Crippen LogP contribution in [-0.2, 0) is 0 Å². The maximum absolute atomic E-state index is 5.89. The fourth-order valence-electron chi connectivity index (χ4n) is 1.80. The minimum atomic E-state index is 0.688. The average molecular weight is 258 g/mol. The zero-order valence-electron chi connectivity index (χ0n) is 11.4. The van der Waals surface area contributed by atoms with Crippen molar-refractivity contribution in [1.29, 1.82) is 0 Å². The maximum atomic E-state index is 5.89. The minimum absolute atomic E-state index is 0.688. The first-order valence-electron chi connectivity index (χ1n) is 5.99. The van der Waals surface area contributed by atoms with Crippen LogP contribution in [0.3, 0.4) is 0 Å². The molecule has 0 bridgehead atoms. The van der Waals surface area contributed by atoms with Gasteiger partial charge in [0.2, 0.25) is 0 Å². The molecular formula is C15H18N2O2. The second-order valence-corrected chi connectivity index (χ2v) is 4.27. The number of methoxy groups -OCH3 is 2. The number of anilines is 3. The summed E-state index contributed by atoms with van der Waals surface area (Å²) in [4.78, 5) is 0. The highest BCUT2D eigenvalue weighted by molar-refractivity contribution is 5.67. The van der Waals surface area contributed by atoms with E-state index >= 15 is 0 Å². The number of ether oxygens (including phenoxy) is 2. The first kappa shape index (κ1) is 13.1. The molecule has 0 heterocycles. The van der Waals surface area contributed by atoms with Crippen LogP contribution in [0.5, 0.6) is 11.5 Å². The van der Waals surface area contributed by atoms with Crippen LogP contribution in [-0.4, -0.2) is 14.2 Å². The first-order chi connectivity index (χ1) is 9.13. The van der Waals surface area contributed by atoms with E-state index in [9.17, 15) is 0 Å². The van der Waals surface area contributed by atoms with Crippen LogP contribution < -0.4 is 20.5 Å². The van der Waals surface area contributed by atoms with Crippen molar-refractivity contribution >= 4 is 17.1 Å². The zero-order chi connectivity index (χ0) is 13.8. The van der Waals surface area contributed by atoms with Gasteiger partial charge in [-0.25, -0.2) is 0 Å². The second kappa shape index (κ2) is 5.52. The highest BCUT2D eigenvalue weighted by Gasteiger charge is 2.05. The Morgan fingerprint density at radius 3 is 2.16 bits per heavy atom. The van der Waals surface area contributed by atoms with E-state index in [0.717, 1.165) is 22.6 Å². The molecule has 100 valence electrons. The summed E-state index contributed by atoms with van der Waals surface area (Å²) in [6, 6.07) is 11.6. The van der Waals surface area contributed by atoms with Crippen molar-refractivity contribution in [2.24, 2.45) is 0 Å². The van der Waals surface area contributed by atoms with Crippen LogP contribution in [0, 0.1) is 6.92 Å². The third-order valence-electron chi connectivity index (χ3n) is 2.95. The summed E-state index contributed by atoms with van der Waals surface area (Å²) in [5.41, 5.74) is 9.59. The third kappa shape index (κ3) is 2.91. The Morgan fingerprint density at radius 1 is 0.895 bits per heavy atom. The van der Waals surface area contributed by atoms with Gasteiger partial charge in [0, 0.05) is 23.1 Å². The lowest BCUT2D eigenvalue weighted by Crippen LogP contribution is -1.96. The summed E-state index contributed by atoms with van der Waals surface area (Å²) in [6.07, 6.45) is 0. The molecular weight excluding hydrogens is 240 g/mol. The van der Waals surface area contributed by atoms with E-state index in [1.165, 1.54) is 0 Å². The minimum Gasteiger partial charge on any atom is -0.493 e. The normalized spacial score (nSPS) is 10.1. The molecule has 0 radical (unpaired) electrons. The summed E-state index contributed by atoms with van der Waals surface area (Å²) >= 11 is 0. The molecule has 0 saturated carbocycles. The van der Waals surface area contributed by atoms with Crippen molar-refractivity contribution in [3.63, 3.8) is 0 Å². The molecule has 3 N–H and O–H groups in total. The number of hydrogen-bond acceptors (Lipinski definition) is 4. The topological polar surface area (TPSA) is 56.5 Å². The monoisotopic (exact) mass is 258 g/mol. The highest BCUT2D eigenvalue weighted by atomic mass is 16.5. The Morgan fingerprint density at radius 2 is 1.53 bits per heavy atom. The molecule has 0 amide bonds. The largest absolute Gasteiger partial charge is 0.493 e. The lowest BCUT2D eigenvalue weighted by Gasteiger charge is -2.12. The summed E-state index contributed by atoms with van der Waals surface area (Å²) in [7, 11) is 3.23. The Hall–Kier alpha value is -2.36. The molecule has 0 aliphatic carbocycles. The van der Waals surface area contributed by atoms with Gasteiger partial charge in [0.05, 0.1) is 14.2 Å². The number of nitrogen functional groups attached to an aromatic ring is 1. The fourth-order valence-corrected chi connectivity index (χ4v) is 1.80. The SMILES string of the molecule is COc1ccc(Nc2ccc(C)c(N)c2)cc1OC. The molecule has 2 aromatic rings. The van der Waals surface area contributed by atoms with Crippen LogP contribution in [0.25, 0.3) is 0 Å². The maximum Gasteiger partial charge on any atom is 0.162 e. The van der Waals surface area contributed by atoms with Crippen molar-refractivity contribution in [1.82, 2.24) is 0 Å². The molecule has 0 saturated heterocycles. The van der Waals surface area contributed by atoms with E-state index in [2.05, 4.69) is 5.32 Å². The van der Waals surface area contributed by atoms with Gasteiger partial charge in [0.15, 0.2) is 11.5 Å². The molecule has 0 aliphatic heterocycles. The van der Waals surface area contributed by atoms with Gasteiger partial charge in [-0.2, -0.15) is 0 Å². The standard InChI is InChI=1S/C15H18N2O2/c1-10-4-5-11(8-13(10)16)17-12-6-7-14(18-2)15(9-12)19-3/h4-9,17H,16H2,1-3H3. The lowest BCUT2D eigenvalue weighted by molar-refractivity contribution is 0.355. The molecule has 2 aromatic carbocycles. The summed E-state index contributed by atoms with van der Waals surface area (Å²) < 4.78 is 10.5. The van der Waals surface area contributed by atoms with E-state index in [-0.39, 0.29) is 0 Å².